The molecule has 2 amide bonds. The van der Waals surface area contributed by atoms with Crippen molar-refractivity contribution in [1.82, 2.24) is 10.4 Å². The van der Waals surface area contributed by atoms with E-state index < -0.39 is 17.7 Å². The largest absolute Gasteiger partial charge is 0.491 e. The second-order valence-corrected chi connectivity index (χ2v) is 6.44. The van der Waals surface area contributed by atoms with Crippen molar-refractivity contribution >= 4 is 12.0 Å². The molecule has 0 spiro atoms. The molecule has 1 unspecified atom stereocenters. The van der Waals surface area contributed by atoms with Crippen LogP contribution in [0.25, 0.3) is 0 Å². The van der Waals surface area contributed by atoms with Crippen LogP contribution in [0.4, 0.5) is 4.79 Å². The fourth-order valence-electron chi connectivity index (χ4n) is 1.77. The molecule has 1 aromatic carbocycles. The van der Waals surface area contributed by atoms with Gasteiger partial charge in [-0.1, -0.05) is 12.1 Å². The summed E-state index contributed by atoms with van der Waals surface area (Å²) in [6.07, 6.45) is -0.473. The van der Waals surface area contributed by atoms with E-state index in [0.717, 1.165) is 10.6 Å². The summed E-state index contributed by atoms with van der Waals surface area (Å²) < 4.78 is 10.7. The van der Waals surface area contributed by atoms with Gasteiger partial charge in [0.1, 0.15) is 24.0 Å². The maximum Gasteiger partial charge on any atom is 0.407 e. The molecule has 0 aliphatic carbocycles. The van der Waals surface area contributed by atoms with Gasteiger partial charge in [-0.2, -0.15) is 0 Å². The Balaban J connectivity index is 2.43. The average Bonchev–Trinajstić information content (AvgIpc) is 2.55. The summed E-state index contributed by atoms with van der Waals surface area (Å²) in [7, 11) is 2.87. The number of nitrogens with zero attached hydrogens (tertiary/aromatic N) is 1. The number of hydroxylamine groups is 2. The monoisotopic (exact) mass is 353 g/mol. The van der Waals surface area contributed by atoms with E-state index in [1.165, 1.54) is 14.2 Å². The number of carbonyl (C=O) groups is 2. The van der Waals surface area contributed by atoms with Gasteiger partial charge < -0.3 is 20.5 Å². The number of nitrogens with two attached hydrogens (primary N) is 1. The molecule has 0 aliphatic heterocycles. The summed E-state index contributed by atoms with van der Waals surface area (Å²) in [5.41, 5.74) is 6.10. The highest BCUT2D eigenvalue weighted by Crippen LogP contribution is 2.13. The number of alkyl carbamates (subject to hydrolysis) is 1. The van der Waals surface area contributed by atoms with Crippen LogP contribution in [0.5, 0.6) is 5.75 Å². The zero-order valence-electron chi connectivity index (χ0n) is 15.4. The molecule has 0 saturated heterocycles. The number of hydrogen-bond acceptors (Lipinski definition) is 6. The van der Waals surface area contributed by atoms with E-state index in [4.69, 9.17) is 20.0 Å². The minimum Gasteiger partial charge on any atom is -0.491 e. The normalized spacial score (nSPS) is 12.2. The van der Waals surface area contributed by atoms with Crippen molar-refractivity contribution in [2.75, 3.05) is 20.8 Å². The topological polar surface area (TPSA) is 103 Å². The Bertz CT molecular complexity index is 569. The molecule has 1 aromatic rings. The third kappa shape index (κ3) is 7.86. The van der Waals surface area contributed by atoms with Crippen LogP contribution in [0.2, 0.25) is 0 Å². The molecule has 0 saturated carbocycles. The van der Waals surface area contributed by atoms with Crippen LogP contribution in [-0.4, -0.2) is 49.5 Å². The Morgan fingerprint density at radius 3 is 2.36 bits per heavy atom. The van der Waals surface area contributed by atoms with Crippen molar-refractivity contribution in [1.29, 1.82) is 0 Å². The standard InChI is InChI=1S/C17H27N3O5/c1-17(2,3)25-16(22)19-10-12-6-8-13(9-7-12)24-11-14(18)15(21)20(4)23-5/h6-9,14H,10-11,18H2,1-5H3,(H,19,22). The first-order valence-corrected chi connectivity index (χ1v) is 7.88. The van der Waals surface area contributed by atoms with Gasteiger partial charge in [0.15, 0.2) is 0 Å². The second-order valence-electron chi connectivity index (χ2n) is 6.44. The van der Waals surface area contributed by atoms with Gasteiger partial charge >= 0.3 is 6.09 Å². The van der Waals surface area contributed by atoms with Gasteiger partial charge in [0.05, 0.1) is 7.11 Å². The van der Waals surface area contributed by atoms with Gasteiger partial charge in [0.25, 0.3) is 5.91 Å². The lowest BCUT2D eigenvalue weighted by molar-refractivity contribution is -0.170. The number of hydrogen-bond donors (Lipinski definition) is 2. The Labute approximate surface area is 148 Å². The lowest BCUT2D eigenvalue weighted by Gasteiger charge is -2.20. The zero-order chi connectivity index (χ0) is 19.0. The molecule has 0 radical (unpaired) electrons. The Kier molecular flexibility index (Phi) is 7.66. The first kappa shape index (κ1) is 20.7. The van der Waals surface area contributed by atoms with Gasteiger partial charge in [0.2, 0.25) is 0 Å². The van der Waals surface area contributed by atoms with Gasteiger partial charge in [-0.15, -0.1) is 0 Å². The molecule has 8 nitrogen and oxygen atoms in total. The van der Waals surface area contributed by atoms with E-state index >= 15 is 0 Å². The summed E-state index contributed by atoms with van der Waals surface area (Å²) in [5, 5.41) is 3.73. The average molecular weight is 353 g/mol. The Hall–Kier alpha value is -2.32. The SMILES string of the molecule is CON(C)C(=O)C(N)COc1ccc(CNC(=O)OC(C)(C)C)cc1. The lowest BCUT2D eigenvalue weighted by atomic mass is 10.2. The molecule has 140 valence electrons. The lowest BCUT2D eigenvalue weighted by Crippen LogP contribution is -2.44. The van der Waals surface area contributed by atoms with Crippen molar-refractivity contribution < 1.29 is 23.9 Å². The van der Waals surface area contributed by atoms with Crippen molar-refractivity contribution in [2.45, 2.75) is 39.0 Å². The van der Waals surface area contributed by atoms with E-state index in [1.807, 2.05) is 0 Å². The van der Waals surface area contributed by atoms with Crippen molar-refractivity contribution in [3.63, 3.8) is 0 Å². The van der Waals surface area contributed by atoms with Crippen LogP contribution in [-0.2, 0) is 20.9 Å². The Morgan fingerprint density at radius 2 is 1.84 bits per heavy atom. The fourth-order valence-corrected chi connectivity index (χ4v) is 1.77. The number of rotatable bonds is 7. The number of ether oxygens (including phenoxy) is 2. The highest BCUT2D eigenvalue weighted by Gasteiger charge is 2.19. The highest BCUT2D eigenvalue weighted by atomic mass is 16.7. The molecule has 0 aromatic heterocycles. The highest BCUT2D eigenvalue weighted by molar-refractivity contribution is 5.80. The molecular weight excluding hydrogens is 326 g/mol. The predicted molar refractivity (Wildman–Crippen MR) is 92.8 cm³/mol. The summed E-state index contributed by atoms with van der Waals surface area (Å²) in [6, 6.07) is 6.27. The number of benzene rings is 1. The maximum atomic E-state index is 11.7. The van der Waals surface area contributed by atoms with E-state index in [0.29, 0.717) is 12.3 Å². The molecule has 1 rings (SSSR count). The molecule has 0 bridgehead atoms. The third-order valence-corrected chi connectivity index (χ3v) is 3.09. The minimum absolute atomic E-state index is 0.0298. The molecule has 3 N–H and O–H groups in total. The third-order valence-electron chi connectivity index (χ3n) is 3.09. The van der Waals surface area contributed by atoms with Gasteiger partial charge in [-0.25, -0.2) is 9.86 Å². The maximum absolute atomic E-state index is 11.7. The number of nitrogens with one attached hydrogen (secondary N) is 1. The number of likely N-dealkylation sites (N-methyl/N-ethyl adjacent to an activating group) is 1. The first-order valence-electron chi connectivity index (χ1n) is 7.88. The van der Waals surface area contributed by atoms with Crippen LogP contribution in [0.1, 0.15) is 26.3 Å². The molecule has 8 heteroatoms. The van der Waals surface area contributed by atoms with Gasteiger partial charge in [0, 0.05) is 13.6 Å². The minimum atomic E-state index is -0.821. The van der Waals surface area contributed by atoms with Crippen LogP contribution in [0, 0.1) is 0 Å². The van der Waals surface area contributed by atoms with Crippen LogP contribution >= 0.6 is 0 Å². The number of carbonyl (C=O) groups excluding carboxylic acids is 2. The number of amides is 2. The molecule has 0 heterocycles. The van der Waals surface area contributed by atoms with Gasteiger partial charge in [-0.05, 0) is 38.5 Å². The van der Waals surface area contributed by atoms with E-state index in [1.54, 1.807) is 45.0 Å². The van der Waals surface area contributed by atoms with E-state index in [2.05, 4.69) is 5.32 Å². The quantitative estimate of drug-likeness (QED) is 0.719. The molecule has 0 fully saturated rings. The smallest absolute Gasteiger partial charge is 0.407 e. The van der Waals surface area contributed by atoms with E-state index in [-0.39, 0.29) is 12.5 Å². The summed E-state index contributed by atoms with van der Waals surface area (Å²) >= 11 is 0. The zero-order valence-corrected chi connectivity index (χ0v) is 15.4. The molecule has 1 atom stereocenters. The molecular formula is C17H27N3O5. The predicted octanol–water partition coefficient (Wildman–Crippen LogP) is 1.44. The summed E-state index contributed by atoms with van der Waals surface area (Å²) in [6.45, 7) is 5.78. The summed E-state index contributed by atoms with van der Waals surface area (Å²) in [5.74, 6) is 0.199. The van der Waals surface area contributed by atoms with Crippen LogP contribution in [0.15, 0.2) is 24.3 Å². The first-order chi connectivity index (χ1) is 11.6. The second kappa shape index (κ2) is 9.24. The van der Waals surface area contributed by atoms with Crippen LogP contribution in [0.3, 0.4) is 0 Å². The van der Waals surface area contributed by atoms with Crippen molar-refractivity contribution in [3.05, 3.63) is 29.8 Å². The molecule has 25 heavy (non-hydrogen) atoms. The Morgan fingerprint density at radius 1 is 1.24 bits per heavy atom. The van der Waals surface area contributed by atoms with Crippen LogP contribution < -0.4 is 15.8 Å². The van der Waals surface area contributed by atoms with Crippen molar-refractivity contribution in [3.8, 4) is 5.75 Å². The van der Waals surface area contributed by atoms with Gasteiger partial charge in [-0.3, -0.25) is 9.63 Å². The van der Waals surface area contributed by atoms with E-state index in [9.17, 15) is 9.59 Å². The fraction of sp³-hybridized carbons (Fsp3) is 0.529. The molecule has 0 aliphatic rings. The summed E-state index contributed by atoms with van der Waals surface area (Å²) in [4.78, 5) is 28.1. The van der Waals surface area contributed by atoms with Crippen molar-refractivity contribution in [2.24, 2.45) is 5.73 Å².